The lowest BCUT2D eigenvalue weighted by atomic mass is 10.1. The molecule has 0 spiro atoms. The normalized spacial score (nSPS) is 12.6. The van der Waals surface area contributed by atoms with E-state index in [1.54, 1.807) is 19.1 Å². The minimum Gasteiger partial charge on any atom is -0.396 e. The maximum absolute atomic E-state index is 11.1. The van der Waals surface area contributed by atoms with Gasteiger partial charge in [0.2, 0.25) is 10.0 Å². The van der Waals surface area contributed by atoms with Gasteiger partial charge in [0, 0.05) is 5.56 Å². The number of sulfonamides is 1. The Kier molecular flexibility index (Phi) is 4.03. The maximum atomic E-state index is 11.1. The monoisotopic (exact) mass is 242 g/mol. The van der Waals surface area contributed by atoms with Crippen LogP contribution >= 0.6 is 0 Å². The lowest BCUT2D eigenvalue weighted by molar-refractivity contribution is 0.159. The van der Waals surface area contributed by atoms with Gasteiger partial charge in [-0.05, 0) is 26.0 Å². The molecule has 0 aliphatic rings. The lowest BCUT2D eigenvalue weighted by Crippen LogP contribution is -2.12. The van der Waals surface area contributed by atoms with Gasteiger partial charge in [-0.25, -0.2) is 13.6 Å². The molecule has 0 unspecified atom stereocenters. The van der Waals surface area contributed by atoms with Crippen molar-refractivity contribution in [2.24, 2.45) is 10.3 Å². The first kappa shape index (κ1) is 12.7. The number of rotatable bonds is 4. The number of nitrogens with two attached hydrogens (primary N) is 1. The largest absolute Gasteiger partial charge is 0.396 e. The van der Waals surface area contributed by atoms with Gasteiger partial charge in [0.25, 0.3) is 0 Å². The molecule has 6 heteroatoms. The third kappa shape index (κ3) is 3.32. The molecule has 1 aromatic carbocycles. The van der Waals surface area contributed by atoms with E-state index in [0.717, 1.165) is 0 Å². The van der Waals surface area contributed by atoms with Crippen LogP contribution in [0.15, 0.2) is 34.3 Å². The highest BCUT2D eigenvalue weighted by atomic mass is 32.2. The van der Waals surface area contributed by atoms with E-state index in [1.165, 1.54) is 12.1 Å². The molecule has 0 atom stereocenters. The van der Waals surface area contributed by atoms with E-state index in [1.807, 2.05) is 6.92 Å². The lowest BCUT2D eigenvalue weighted by Gasteiger charge is -2.03. The van der Waals surface area contributed by atoms with Gasteiger partial charge < -0.3 is 4.84 Å². The van der Waals surface area contributed by atoms with Crippen LogP contribution in [-0.2, 0) is 14.9 Å². The van der Waals surface area contributed by atoms with E-state index in [4.69, 9.17) is 9.98 Å². The second kappa shape index (κ2) is 5.09. The van der Waals surface area contributed by atoms with E-state index in [2.05, 4.69) is 5.16 Å². The predicted octanol–water partition coefficient (Wildman–Crippen LogP) is 1.09. The molecule has 1 rings (SSSR count). The van der Waals surface area contributed by atoms with Crippen LogP contribution in [0.1, 0.15) is 19.4 Å². The molecule has 0 aliphatic heterocycles. The highest BCUT2D eigenvalue weighted by Crippen LogP contribution is 2.10. The van der Waals surface area contributed by atoms with Crippen molar-refractivity contribution >= 4 is 15.7 Å². The number of nitrogens with zero attached hydrogens (tertiary/aromatic N) is 1. The van der Waals surface area contributed by atoms with Gasteiger partial charge in [0.1, 0.15) is 6.61 Å². The summed E-state index contributed by atoms with van der Waals surface area (Å²) < 4.78 is 22.3. The number of oxime groups is 1. The molecule has 5 nitrogen and oxygen atoms in total. The minimum atomic E-state index is -3.68. The molecule has 0 saturated carbocycles. The van der Waals surface area contributed by atoms with Gasteiger partial charge in [-0.3, -0.25) is 0 Å². The standard InChI is InChI=1S/C10H14N2O3S/c1-3-15-12-8(2)9-5-4-6-10(7-9)16(11,13)14/h4-7H,3H2,1-2H3,(H2,11,13,14)/b12-8-. The fourth-order valence-corrected chi connectivity index (χ4v) is 1.67. The molecule has 0 radical (unpaired) electrons. The summed E-state index contributed by atoms with van der Waals surface area (Å²) in [7, 11) is -3.68. The predicted molar refractivity (Wildman–Crippen MR) is 61.7 cm³/mol. The first-order chi connectivity index (χ1) is 7.45. The summed E-state index contributed by atoms with van der Waals surface area (Å²) in [5.41, 5.74) is 1.27. The van der Waals surface area contributed by atoms with Crippen LogP contribution in [-0.4, -0.2) is 20.7 Å². The molecular formula is C10H14N2O3S. The summed E-state index contributed by atoms with van der Waals surface area (Å²) in [5, 5.41) is 8.84. The fourth-order valence-electron chi connectivity index (χ4n) is 1.11. The smallest absolute Gasteiger partial charge is 0.238 e. The van der Waals surface area contributed by atoms with Crippen molar-refractivity contribution < 1.29 is 13.3 Å². The van der Waals surface area contributed by atoms with Gasteiger partial charge in [-0.1, -0.05) is 17.3 Å². The average molecular weight is 242 g/mol. The van der Waals surface area contributed by atoms with Crippen molar-refractivity contribution in [3.05, 3.63) is 29.8 Å². The van der Waals surface area contributed by atoms with Gasteiger partial charge in [-0.15, -0.1) is 0 Å². The van der Waals surface area contributed by atoms with Crippen molar-refractivity contribution in [1.29, 1.82) is 0 Å². The van der Waals surface area contributed by atoms with Crippen molar-refractivity contribution in [2.45, 2.75) is 18.7 Å². The van der Waals surface area contributed by atoms with Crippen LogP contribution in [0.4, 0.5) is 0 Å². The number of hydrogen-bond acceptors (Lipinski definition) is 4. The molecule has 0 bridgehead atoms. The number of benzene rings is 1. The molecule has 0 fully saturated rings. The third-order valence-corrected chi connectivity index (χ3v) is 2.82. The number of primary sulfonamides is 1. The van der Waals surface area contributed by atoms with Gasteiger partial charge >= 0.3 is 0 Å². The fraction of sp³-hybridized carbons (Fsp3) is 0.300. The third-order valence-electron chi connectivity index (χ3n) is 1.91. The van der Waals surface area contributed by atoms with Crippen LogP contribution in [0.2, 0.25) is 0 Å². The minimum absolute atomic E-state index is 0.0658. The molecule has 88 valence electrons. The van der Waals surface area contributed by atoms with E-state index in [0.29, 0.717) is 17.9 Å². The SMILES string of the molecule is CCO/N=C(/C)c1cccc(S(N)(=O)=O)c1. The Morgan fingerprint density at radius 3 is 2.75 bits per heavy atom. The molecule has 0 saturated heterocycles. The first-order valence-corrected chi connectivity index (χ1v) is 6.29. The zero-order valence-corrected chi connectivity index (χ0v) is 9.99. The summed E-state index contributed by atoms with van der Waals surface area (Å²) >= 11 is 0. The first-order valence-electron chi connectivity index (χ1n) is 4.75. The topological polar surface area (TPSA) is 81.8 Å². The van der Waals surface area contributed by atoms with E-state index in [9.17, 15) is 8.42 Å². The molecule has 16 heavy (non-hydrogen) atoms. The van der Waals surface area contributed by atoms with Crippen LogP contribution in [0, 0.1) is 0 Å². The zero-order chi connectivity index (χ0) is 12.2. The van der Waals surface area contributed by atoms with Gasteiger partial charge in [0.05, 0.1) is 10.6 Å². The Balaban J connectivity index is 3.09. The Morgan fingerprint density at radius 2 is 2.19 bits per heavy atom. The van der Waals surface area contributed by atoms with Crippen LogP contribution in [0.5, 0.6) is 0 Å². The zero-order valence-electron chi connectivity index (χ0n) is 9.17. The Hall–Kier alpha value is -1.40. The quantitative estimate of drug-likeness (QED) is 0.634. The highest BCUT2D eigenvalue weighted by molar-refractivity contribution is 7.89. The van der Waals surface area contributed by atoms with Gasteiger partial charge in [-0.2, -0.15) is 0 Å². The summed E-state index contributed by atoms with van der Waals surface area (Å²) in [5.74, 6) is 0. The molecule has 1 aromatic rings. The highest BCUT2D eigenvalue weighted by Gasteiger charge is 2.08. The molecular weight excluding hydrogens is 228 g/mol. The Morgan fingerprint density at radius 1 is 1.50 bits per heavy atom. The molecule has 0 aliphatic carbocycles. The van der Waals surface area contributed by atoms with Crippen molar-refractivity contribution in [2.75, 3.05) is 6.61 Å². The summed E-state index contributed by atoms with van der Waals surface area (Å²) in [6.45, 7) is 4.02. The Labute approximate surface area is 95.0 Å². The van der Waals surface area contributed by atoms with Crippen molar-refractivity contribution in [3.63, 3.8) is 0 Å². The van der Waals surface area contributed by atoms with E-state index < -0.39 is 10.0 Å². The van der Waals surface area contributed by atoms with Crippen LogP contribution in [0.25, 0.3) is 0 Å². The van der Waals surface area contributed by atoms with Crippen LogP contribution in [0.3, 0.4) is 0 Å². The average Bonchev–Trinajstić information content (AvgIpc) is 2.25. The summed E-state index contributed by atoms with van der Waals surface area (Å²) in [4.78, 5) is 4.95. The van der Waals surface area contributed by atoms with E-state index >= 15 is 0 Å². The second-order valence-corrected chi connectivity index (χ2v) is 4.73. The van der Waals surface area contributed by atoms with E-state index in [-0.39, 0.29) is 4.90 Å². The summed E-state index contributed by atoms with van der Waals surface area (Å²) in [6.07, 6.45) is 0. The summed E-state index contributed by atoms with van der Waals surface area (Å²) in [6, 6.07) is 6.26. The van der Waals surface area contributed by atoms with Crippen LogP contribution < -0.4 is 5.14 Å². The molecule has 0 amide bonds. The number of hydrogen-bond donors (Lipinski definition) is 1. The molecule has 0 aromatic heterocycles. The molecule has 2 N–H and O–H groups in total. The molecule has 0 heterocycles. The Bertz CT molecular complexity index is 495. The van der Waals surface area contributed by atoms with Crippen molar-refractivity contribution in [3.8, 4) is 0 Å². The van der Waals surface area contributed by atoms with Gasteiger partial charge in [0.15, 0.2) is 0 Å². The second-order valence-electron chi connectivity index (χ2n) is 3.17. The maximum Gasteiger partial charge on any atom is 0.238 e. The van der Waals surface area contributed by atoms with Crippen molar-refractivity contribution in [1.82, 2.24) is 0 Å².